The lowest BCUT2D eigenvalue weighted by Gasteiger charge is -2.38. The maximum atomic E-state index is 12.0. The van der Waals surface area contributed by atoms with Crippen LogP contribution in [-0.4, -0.2) is 79.0 Å². The first-order chi connectivity index (χ1) is 15.0. The van der Waals surface area contributed by atoms with Crippen LogP contribution in [0.15, 0.2) is 25.3 Å². The summed E-state index contributed by atoms with van der Waals surface area (Å²) in [5.74, 6) is 0.0731. The molecule has 0 unspecified atom stereocenters. The summed E-state index contributed by atoms with van der Waals surface area (Å²) in [6.07, 6.45) is 12.7. The normalized spacial score (nSPS) is 11.2. The Kier molecular flexibility index (Phi) is 19.1. The highest BCUT2D eigenvalue weighted by molar-refractivity contribution is 5.76. The van der Waals surface area contributed by atoms with Crippen molar-refractivity contribution in [2.75, 3.05) is 52.5 Å². The lowest BCUT2D eigenvalue weighted by atomic mass is 10.1. The van der Waals surface area contributed by atoms with Gasteiger partial charge in [-0.2, -0.15) is 0 Å². The van der Waals surface area contributed by atoms with Crippen molar-refractivity contribution < 1.29 is 24.3 Å². The molecule has 0 saturated carbocycles. The average Bonchev–Trinajstić information content (AvgIpc) is 2.74. The Morgan fingerprint density at radius 1 is 0.677 bits per heavy atom. The lowest BCUT2D eigenvalue weighted by Crippen LogP contribution is -2.57. The summed E-state index contributed by atoms with van der Waals surface area (Å²) in [4.78, 5) is 24.1. The number of carbonyl (C=O) groups is 2. The number of amides is 2. The van der Waals surface area contributed by atoms with Gasteiger partial charge < -0.3 is 25.3 Å². The van der Waals surface area contributed by atoms with E-state index in [1.165, 1.54) is 0 Å². The van der Waals surface area contributed by atoms with Gasteiger partial charge in [-0.25, -0.2) is 0 Å². The molecule has 2 amide bonds. The quantitative estimate of drug-likeness (QED) is 0.118. The smallest absolute Gasteiger partial charge is 0.220 e. The van der Waals surface area contributed by atoms with Gasteiger partial charge in [-0.3, -0.25) is 9.59 Å². The highest BCUT2D eigenvalue weighted by atomic mass is 16.3. The van der Waals surface area contributed by atoms with Crippen molar-refractivity contribution in [2.45, 2.75) is 64.2 Å². The van der Waals surface area contributed by atoms with Gasteiger partial charge in [-0.1, -0.05) is 25.0 Å². The summed E-state index contributed by atoms with van der Waals surface area (Å²) in [5.41, 5.74) is 0. The van der Waals surface area contributed by atoms with Gasteiger partial charge in [0.2, 0.25) is 11.8 Å². The molecule has 0 rings (SSSR count). The van der Waals surface area contributed by atoms with Crippen LogP contribution in [0.4, 0.5) is 0 Å². The van der Waals surface area contributed by atoms with Crippen LogP contribution in [0.2, 0.25) is 0 Å². The fourth-order valence-corrected chi connectivity index (χ4v) is 3.64. The van der Waals surface area contributed by atoms with Crippen LogP contribution >= 0.6 is 0 Å². The number of carbonyl (C=O) groups excluding carboxylic acids is 2. The predicted molar refractivity (Wildman–Crippen MR) is 126 cm³/mol. The van der Waals surface area contributed by atoms with Gasteiger partial charge in [0.05, 0.1) is 39.4 Å². The molecular formula is C24H46N3O4+. The number of hydrogen-bond acceptors (Lipinski definition) is 4. The van der Waals surface area contributed by atoms with Crippen molar-refractivity contribution in [1.29, 1.82) is 0 Å². The molecule has 7 nitrogen and oxygen atoms in total. The molecule has 0 aromatic heterocycles. The van der Waals surface area contributed by atoms with Crippen LogP contribution in [0.1, 0.15) is 64.2 Å². The first kappa shape index (κ1) is 29.3. The zero-order valence-electron chi connectivity index (χ0n) is 19.5. The molecule has 0 heterocycles. The van der Waals surface area contributed by atoms with Crippen LogP contribution in [0.5, 0.6) is 0 Å². The topological polar surface area (TPSA) is 98.7 Å². The number of unbranched alkanes of at least 4 members (excludes halogenated alkanes) is 6. The van der Waals surface area contributed by atoms with Crippen LogP contribution in [0, 0.1) is 0 Å². The standard InChI is InChI=1S/C24H45N3O4/c1-3-5-7-9-11-13-23(30)25-15-17-27(19-21-28,20-22-29)18-16-26-24(31)14-12-10-8-6-4-2/h3-4,28-29H,1-2,5-22H2,(H-,25,26,30,31)/p+1. The third-order valence-corrected chi connectivity index (χ3v) is 5.59. The van der Waals surface area contributed by atoms with E-state index in [9.17, 15) is 19.8 Å². The molecule has 31 heavy (non-hydrogen) atoms. The number of aliphatic hydroxyl groups is 2. The van der Waals surface area contributed by atoms with E-state index in [0.717, 1.165) is 51.4 Å². The molecule has 0 aliphatic heterocycles. The van der Waals surface area contributed by atoms with Crippen LogP contribution in [0.3, 0.4) is 0 Å². The van der Waals surface area contributed by atoms with E-state index < -0.39 is 0 Å². The Bertz CT molecular complexity index is 453. The van der Waals surface area contributed by atoms with Crippen molar-refractivity contribution in [2.24, 2.45) is 0 Å². The minimum atomic E-state index is -0.00546. The Morgan fingerprint density at radius 3 is 1.45 bits per heavy atom. The molecule has 0 aromatic carbocycles. The van der Waals surface area contributed by atoms with Crippen molar-refractivity contribution in [3.8, 4) is 0 Å². The Balaban J connectivity index is 4.32. The number of nitrogens with one attached hydrogen (secondary N) is 2. The molecule has 7 heteroatoms. The maximum Gasteiger partial charge on any atom is 0.220 e. The third-order valence-electron chi connectivity index (χ3n) is 5.59. The molecular weight excluding hydrogens is 394 g/mol. The largest absolute Gasteiger partial charge is 0.391 e. The van der Waals surface area contributed by atoms with Gasteiger partial charge in [0.15, 0.2) is 0 Å². The summed E-state index contributed by atoms with van der Waals surface area (Å²) in [6.45, 7) is 10.5. The second-order valence-electron chi connectivity index (χ2n) is 8.16. The number of rotatable bonds is 22. The molecule has 0 spiro atoms. The molecule has 0 aromatic rings. The first-order valence-electron chi connectivity index (χ1n) is 11.9. The molecule has 0 aliphatic carbocycles. The van der Waals surface area contributed by atoms with Crippen LogP contribution in [0.25, 0.3) is 0 Å². The zero-order chi connectivity index (χ0) is 23.2. The Hall–Kier alpha value is -1.70. The third kappa shape index (κ3) is 16.6. The van der Waals surface area contributed by atoms with E-state index in [4.69, 9.17) is 0 Å². The number of allylic oxidation sites excluding steroid dienone is 2. The Labute approximate surface area is 189 Å². The fraction of sp³-hybridized carbons (Fsp3) is 0.750. The molecule has 0 fully saturated rings. The fourth-order valence-electron chi connectivity index (χ4n) is 3.64. The second-order valence-corrected chi connectivity index (χ2v) is 8.16. The first-order valence-corrected chi connectivity index (χ1v) is 11.9. The van der Waals surface area contributed by atoms with E-state index in [1.807, 2.05) is 12.2 Å². The summed E-state index contributed by atoms with van der Waals surface area (Å²) < 4.78 is 0.465. The summed E-state index contributed by atoms with van der Waals surface area (Å²) in [7, 11) is 0. The number of aliphatic hydroxyl groups excluding tert-OH is 2. The van der Waals surface area contributed by atoms with Crippen molar-refractivity contribution >= 4 is 11.8 Å². The number of nitrogens with zero attached hydrogens (tertiary/aromatic N) is 1. The molecule has 0 radical (unpaired) electrons. The second kappa shape index (κ2) is 20.2. The average molecular weight is 441 g/mol. The van der Waals surface area contributed by atoms with Crippen LogP contribution < -0.4 is 10.6 Å². The number of hydrogen-bond donors (Lipinski definition) is 4. The number of quaternary nitrogens is 1. The lowest BCUT2D eigenvalue weighted by molar-refractivity contribution is -0.926. The minimum Gasteiger partial charge on any atom is -0.391 e. The van der Waals surface area contributed by atoms with E-state index in [0.29, 0.717) is 56.6 Å². The van der Waals surface area contributed by atoms with Gasteiger partial charge >= 0.3 is 0 Å². The van der Waals surface area contributed by atoms with Crippen LogP contribution in [-0.2, 0) is 9.59 Å². The van der Waals surface area contributed by atoms with Gasteiger partial charge in [-0.15, -0.1) is 13.2 Å². The van der Waals surface area contributed by atoms with Gasteiger partial charge in [0.25, 0.3) is 0 Å². The van der Waals surface area contributed by atoms with E-state index >= 15 is 0 Å². The van der Waals surface area contributed by atoms with Gasteiger partial charge in [0.1, 0.15) is 13.1 Å². The van der Waals surface area contributed by atoms with E-state index in [1.54, 1.807) is 0 Å². The molecule has 0 aliphatic rings. The molecule has 180 valence electrons. The van der Waals surface area contributed by atoms with Crippen molar-refractivity contribution in [3.05, 3.63) is 25.3 Å². The summed E-state index contributed by atoms with van der Waals surface area (Å²) >= 11 is 0. The molecule has 0 atom stereocenters. The highest BCUT2D eigenvalue weighted by Gasteiger charge is 2.26. The predicted octanol–water partition coefficient (Wildman–Crippen LogP) is 2.29. The molecule has 0 bridgehead atoms. The molecule has 0 saturated heterocycles. The molecule has 4 N–H and O–H groups in total. The monoisotopic (exact) mass is 440 g/mol. The zero-order valence-corrected chi connectivity index (χ0v) is 19.5. The van der Waals surface area contributed by atoms with E-state index in [2.05, 4.69) is 23.8 Å². The van der Waals surface area contributed by atoms with Crippen molar-refractivity contribution in [3.63, 3.8) is 0 Å². The highest BCUT2D eigenvalue weighted by Crippen LogP contribution is 2.07. The van der Waals surface area contributed by atoms with Gasteiger partial charge in [0, 0.05) is 12.8 Å². The summed E-state index contributed by atoms with van der Waals surface area (Å²) in [5, 5.41) is 25.0. The Morgan fingerprint density at radius 2 is 1.10 bits per heavy atom. The van der Waals surface area contributed by atoms with Gasteiger partial charge in [-0.05, 0) is 38.5 Å². The van der Waals surface area contributed by atoms with Crippen molar-refractivity contribution in [1.82, 2.24) is 10.6 Å². The SMILES string of the molecule is C=CCCCCCC(=O)NCC[N+](CCO)(CCO)CCNC(=O)CCCCCC=C. The maximum absolute atomic E-state index is 12.0. The minimum absolute atomic E-state index is 0.00546. The van der Waals surface area contributed by atoms with E-state index in [-0.39, 0.29) is 25.0 Å². The summed E-state index contributed by atoms with van der Waals surface area (Å²) in [6, 6.07) is 0.